The molecule has 1 nitrogen and oxygen atoms in total. The Morgan fingerprint density at radius 1 is 1.44 bits per heavy atom. The van der Waals surface area contributed by atoms with E-state index >= 15 is 0 Å². The Labute approximate surface area is 57.6 Å². The van der Waals surface area contributed by atoms with Crippen molar-refractivity contribution in [2.24, 2.45) is 17.6 Å². The van der Waals surface area contributed by atoms with Crippen LogP contribution < -0.4 is 5.73 Å². The lowest BCUT2D eigenvalue weighted by molar-refractivity contribution is 0.407. The zero-order chi connectivity index (χ0) is 6.85. The third-order valence-electron chi connectivity index (χ3n) is 2.61. The minimum absolute atomic E-state index is 0.505. The summed E-state index contributed by atoms with van der Waals surface area (Å²) in [4.78, 5) is 0. The summed E-state index contributed by atoms with van der Waals surface area (Å²) in [5, 5.41) is 0. The minimum atomic E-state index is 0.505. The van der Waals surface area contributed by atoms with E-state index in [1.165, 1.54) is 19.3 Å². The summed E-state index contributed by atoms with van der Waals surface area (Å²) in [5.74, 6) is 1.80. The van der Waals surface area contributed by atoms with Gasteiger partial charge in [0.2, 0.25) is 0 Å². The molecular weight excluding hydrogens is 110 g/mol. The first kappa shape index (κ1) is 7.07. The van der Waals surface area contributed by atoms with E-state index in [9.17, 15) is 0 Å². The van der Waals surface area contributed by atoms with Crippen LogP contribution in [0.2, 0.25) is 0 Å². The molecule has 2 N–H and O–H groups in total. The molecule has 54 valence electrons. The fraction of sp³-hybridized carbons (Fsp3) is 1.00. The zero-order valence-electron chi connectivity index (χ0n) is 6.43. The second-order valence-electron chi connectivity index (χ2n) is 3.38. The van der Waals surface area contributed by atoms with Crippen LogP contribution in [0.3, 0.4) is 0 Å². The summed E-state index contributed by atoms with van der Waals surface area (Å²) in [6, 6.07) is 0.505. The first-order valence-corrected chi connectivity index (χ1v) is 3.99. The molecule has 0 unspecified atom stereocenters. The van der Waals surface area contributed by atoms with Crippen LogP contribution in [-0.2, 0) is 0 Å². The van der Waals surface area contributed by atoms with Gasteiger partial charge in [0.1, 0.15) is 0 Å². The molecule has 1 aliphatic carbocycles. The second-order valence-corrected chi connectivity index (χ2v) is 3.38. The molecule has 0 aromatic carbocycles. The molecule has 9 heavy (non-hydrogen) atoms. The van der Waals surface area contributed by atoms with Crippen molar-refractivity contribution in [3.8, 4) is 0 Å². The van der Waals surface area contributed by atoms with Crippen LogP contribution >= 0.6 is 0 Å². The van der Waals surface area contributed by atoms with Gasteiger partial charge in [0.15, 0.2) is 0 Å². The molecule has 0 radical (unpaired) electrons. The summed E-state index contributed by atoms with van der Waals surface area (Å²) < 4.78 is 0. The predicted molar refractivity (Wildman–Crippen MR) is 40.2 cm³/mol. The van der Waals surface area contributed by atoms with Crippen molar-refractivity contribution >= 4 is 0 Å². The van der Waals surface area contributed by atoms with Gasteiger partial charge < -0.3 is 5.73 Å². The van der Waals surface area contributed by atoms with Crippen LogP contribution in [0.1, 0.15) is 33.1 Å². The largest absolute Gasteiger partial charge is 0.328 e. The number of rotatable bonds is 1. The Kier molecular flexibility index (Phi) is 2.12. The highest BCUT2D eigenvalue weighted by molar-refractivity contribution is 4.81. The molecular formula is C8H17N. The molecule has 1 rings (SSSR count). The molecule has 1 aliphatic rings. The first-order chi connectivity index (χ1) is 4.24. The van der Waals surface area contributed by atoms with Crippen LogP contribution in [-0.4, -0.2) is 6.04 Å². The van der Waals surface area contributed by atoms with Gasteiger partial charge in [-0.25, -0.2) is 0 Å². The van der Waals surface area contributed by atoms with Gasteiger partial charge in [-0.15, -0.1) is 0 Å². The highest BCUT2D eigenvalue weighted by Crippen LogP contribution is 2.32. The number of nitrogens with two attached hydrogens (primary N) is 1. The second kappa shape index (κ2) is 2.70. The van der Waals surface area contributed by atoms with E-state index in [-0.39, 0.29) is 0 Å². The predicted octanol–water partition coefficient (Wildman–Crippen LogP) is 1.77. The Morgan fingerprint density at radius 3 is 2.33 bits per heavy atom. The molecule has 0 aliphatic heterocycles. The molecule has 0 aromatic rings. The lowest BCUT2D eigenvalue weighted by atomic mass is 9.96. The maximum Gasteiger partial charge on any atom is 0.00442 e. The van der Waals surface area contributed by atoms with Gasteiger partial charge in [-0.3, -0.25) is 0 Å². The van der Waals surface area contributed by atoms with Gasteiger partial charge in [-0.2, -0.15) is 0 Å². The fourth-order valence-corrected chi connectivity index (χ4v) is 1.96. The van der Waals surface area contributed by atoms with Crippen molar-refractivity contribution in [1.29, 1.82) is 0 Å². The monoisotopic (exact) mass is 127 g/mol. The van der Waals surface area contributed by atoms with Crippen LogP contribution in [0, 0.1) is 11.8 Å². The smallest absolute Gasteiger partial charge is 0.00442 e. The summed E-state index contributed by atoms with van der Waals surface area (Å²) in [7, 11) is 0. The maximum absolute atomic E-state index is 5.79. The van der Waals surface area contributed by atoms with E-state index in [0.717, 1.165) is 11.8 Å². The SMILES string of the molecule is CC[C@H]1C[C@@H](N)C[C@@H]1C. The topological polar surface area (TPSA) is 26.0 Å². The van der Waals surface area contributed by atoms with Crippen LogP contribution in [0.25, 0.3) is 0 Å². The van der Waals surface area contributed by atoms with Gasteiger partial charge in [0.25, 0.3) is 0 Å². The molecule has 1 heteroatoms. The average molecular weight is 127 g/mol. The zero-order valence-corrected chi connectivity index (χ0v) is 6.43. The number of hydrogen-bond acceptors (Lipinski definition) is 1. The van der Waals surface area contributed by atoms with Crippen molar-refractivity contribution in [2.45, 2.75) is 39.2 Å². The Hall–Kier alpha value is -0.0400. The van der Waals surface area contributed by atoms with Crippen molar-refractivity contribution in [1.82, 2.24) is 0 Å². The third kappa shape index (κ3) is 1.45. The van der Waals surface area contributed by atoms with Crippen LogP contribution in [0.15, 0.2) is 0 Å². The van der Waals surface area contributed by atoms with Gasteiger partial charge in [0.05, 0.1) is 0 Å². The Balaban J connectivity index is 2.38. The van der Waals surface area contributed by atoms with E-state index in [4.69, 9.17) is 5.73 Å². The van der Waals surface area contributed by atoms with Gasteiger partial charge in [-0.1, -0.05) is 20.3 Å². The molecule has 0 amide bonds. The van der Waals surface area contributed by atoms with Gasteiger partial charge in [0, 0.05) is 6.04 Å². The van der Waals surface area contributed by atoms with E-state index in [1.54, 1.807) is 0 Å². The van der Waals surface area contributed by atoms with Crippen LogP contribution in [0.4, 0.5) is 0 Å². The van der Waals surface area contributed by atoms with Crippen molar-refractivity contribution in [2.75, 3.05) is 0 Å². The Morgan fingerprint density at radius 2 is 2.11 bits per heavy atom. The van der Waals surface area contributed by atoms with Gasteiger partial charge in [-0.05, 0) is 24.7 Å². The highest BCUT2D eigenvalue weighted by atomic mass is 14.7. The molecule has 0 aromatic heterocycles. The quantitative estimate of drug-likeness (QED) is 0.570. The molecule has 1 fully saturated rings. The molecule has 0 bridgehead atoms. The minimum Gasteiger partial charge on any atom is -0.328 e. The van der Waals surface area contributed by atoms with Crippen LogP contribution in [0.5, 0.6) is 0 Å². The molecule has 0 saturated heterocycles. The molecule has 0 heterocycles. The fourth-order valence-electron chi connectivity index (χ4n) is 1.96. The summed E-state index contributed by atoms with van der Waals surface area (Å²) in [5.41, 5.74) is 5.79. The van der Waals surface area contributed by atoms with Gasteiger partial charge >= 0.3 is 0 Å². The van der Waals surface area contributed by atoms with Crippen molar-refractivity contribution in [3.05, 3.63) is 0 Å². The summed E-state index contributed by atoms with van der Waals surface area (Å²) in [6.07, 6.45) is 3.82. The number of hydrogen-bond donors (Lipinski definition) is 1. The van der Waals surface area contributed by atoms with E-state index in [2.05, 4.69) is 13.8 Å². The maximum atomic E-state index is 5.79. The summed E-state index contributed by atoms with van der Waals surface area (Å²) in [6.45, 7) is 4.58. The highest BCUT2D eigenvalue weighted by Gasteiger charge is 2.26. The normalized spacial score (nSPS) is 43.7. The average Bonchev–Trinajstić information content (AvgIpc) is 2.10. The van der Waals surface area contributed by atoms with Crippen molar-refractivity contribution < 1.29 is 0 Å². The third-order valence-corrected chi connectivity index (χ3v) is 2.61. The molecule has 3 atom stereocenters. The standard InChI is InChI=1S/C8H17N/c1-3-7-5-8(9)4-6(7)2/h6-8H,3-5,9H2,1-2H3/t6-,7-,8-/m0/s1. The Bertz CT molecular complexity index is 90.6. The molecule has 0 spiro atoms. The lowest BCUT2D eigenvalue weighted by Crippen LogP contribution is -2.14. The van der Waals surface area contributed by atoms with E-state index < -0.39 is 0 Å². The lowest BCUT2D eigenvalue weighted by Gasteiger charge is -2.10. The van der Waals surface area contributed by atoms with E-state index in [0.29, 0.717) is 6.04 Å². The van der Waals surface area contributed by atoms with E-state index in [1.807, 2.05) is 0 Å². The first-order valence-electron chi connectivity index (χ1n) is 3.99. The van der Waals surface area contributed by atoms with Crippen molar-refractivity contribution in [3.63, 3.8) is 0 Å². The summed E-state index contributed by atoms with van der Waals surface area (Å²) >= 11 is 0. The molecule has 1 saturated carbocycles.